The van der Waals surface area contributed by atoms with Crippen LogP contribution in [0.5, 0.6) is 0 Å². The van der Waals surface area contributed by atoms with E-state index in [1.807, 2.05) is 0 Å². The molecule has 0 aromatic heterocycles. The lowest BCUT2D eigenvalue weighted by Gasteiger charge is -1.90. The fourth-order valence-corrected chi connectivity index (χ4v) is 1.01. The Morgan fingerprint density at radius 3 is 2.75 bits per heavy atom. The Morgan fingerprint density at radius 1 is 1.75 bits per heavy atom. The van der Waals surface area contributed by atoms with Crippen LogP contribution in [0.15, 0.2) is 0 Å². The molecule has 0 aromatic carbocycles. The average molecular weight is 154 g/mol. The molecule has 0 rings (SSSR count). The molecule has 8 heavy (non-hydrogen) atoms. The summed E-state index contributed by atoms with van der Waals surface area (Å²) in [5.74, 6) is 1.48. The van der Waals surface area contributed by atoms with E-state index in [9.17, 15) is 4.79 Å². The third-order valence-electron chi connectivity index (χ3n) is 0.466. The van der Waals surface area contributed by atoms with Crippen molar-refractivity contribution in [2.24, 2.45) is 5.73 Å². The summed E-state index contributed by atoms with van der Waals surface area (Å²) in [5, 5.41) is 0. The van der Waals surface area contributed by atoms with E-state index in [1.165, 1.54) is 11.8 Å². The number of halogens is 1. The number of hydrogen-bond donors (Lipinski definition) is 1. The molecule has 0 saturated carbocycles. The van der Waals surface area contributed by atoms with Crippen molar-refractivity contribution in [3.63, 3.8) is 0 Å². The van der Waals surface area contributed by atoms with Crippen LogP contribution in [-0.2, 0) is 4.79 Å². The number of thioether (sulfide) groups is 1. The topological polar surface area (TPSA) is 43.1 Å². The van der Waals surface area contributed by atoms with Crippen molar-refractivity contribution in [1.82, 2.24) is 0 Å². The molecular weight excluding hydrogens is 146 g/mol. The fourth-order valence-electron chi connectivity index (χ4n) is 0.227. The first-order valence-corrected chi connectivity index (χ1v) is 3.88. The minimum Gasteiger partial charge on any atom is -0.369 e. The summed E-state index contributed by atoms with van der Waals surface area (Å²) in [6, 6.07) is 0. The molecule has 0 fully saturated rings. The lowest BCUT2D eigenvalue weighted by molar-refractivity contribution is -0.115. The number of carbonyl (C=O) groups excluding carboxylic acids is 1. The van der Waals surface area contributed by atoms with Crippen molar-refractivity contribution in [1.29, 1.82) is 0 Å². The van der Waals surface area contributed by atoms with E-state index >= 15 is 0 Å². The second-order valence-corrected chi connectivity index (χ2v) is 2.69. The minimum atomic E-state index is -0.278. The zero-order valence-electron chi connectivity index (χ0n) is 4.39. The van der Waals surface area contributed by atoms with Crippen molar-refractivity contribution in [2.75, 3.05) is 17.4 Å². The highest BCUT2D eigenvalue weighted by Crippen LogP contribution is 1.97. The molecule has 0 saturated heterocycles. The fraction of sp³-hybridized carbons (Fsp3) is 0.750. The highest BCUT2D eigenvalue weighted by atomic mass is 35.5. The van der Waals surface area contributed by atoms with Gasteiger partial charge >= 0.3 is 0 Å². The third-order valence-corrected chi connectivity index (χ3v) is 1.86. The van der Waals surface area contributed by atoms with Gasteiger partial charge in [0.15, 0.2) is 0 Å². The quantitative estimate of drug-likeness (QED) is 0.471. The SMILES string of the molecule is NC(=O)CSCCCl. The highest BCUT2D eigenvalue weighted by Gasteiger charge is 1.91. The molecule has 1 amide bonds. The van der Waals surface area contributed by atoms with Gasteiger partial charge in [-0.15, -0.1) is 11.6 Å². The molecule has 4 heteroatoms. The average Bonchev–Trinajstić information content (AvgIpc) is 1.66. The van der Waals surface area contributed by atoms with Crippen molar-refractivity contribution in [3.8, 4) is 0 Å². The molecule has 0 aliphatic carbocycles. The van der Waals surface area contributed by atoms with Crippen LogP contribution in [0.2, 0.25) is 0 Å². The van der Waals surface area contributed by atoms with Gasteiger partial charge in [-0.05, 0) is 0 Å². The van der Waals surface area contributed by atoms with Crippen molar-refractivity contribution < 1.29 is 4.79 Å². The minimum absolute atomic E-state index is 0.278. The Kier molecular flexibility index (Phi) is 5.32. The molecule has 2 N–H and O–H groups in total. The van der Waals surface area contributed by atoms with Gasteiger partial charge in [-0.3, -0.25) is 4.79 Å². The smallest absolute Gasteiger partial charge is 0.227 e. The van der Waals surface area contributed by atoms with Gasteiger partial charge in [-0.25, -0.2) is 0 Å². The molecule has 0 spiro atoms. The molecule has 0 unspecified atom stereocenters. The summed E-state index contributed by atoms with van der Waals surface area (Å²) in [4.78, 5) is 10.0. The molecule has 0 aliphatic rings. The number of alkyl halides is 1. The Morgan fingerprint density at radius 2 is 2.38 bits per heavy atom. The summed E-state index contributed by atoms with van der Waals surface area (Å²) < 4.78 is 0. The van der Waals surface area contributed by atoms with Crippen molar-refractivity contribution >= 4 is 29.3 Å². The first kappa shape index (κ1) is 8.11. The molecule has 0 bridgehead atoms. The summed E-state index contributed by atoms with van der Waals surface area (Å²) in [5.41, 5.74) is 4.83. The first-order valence-electron chi connectivity index (χ1n) is 2.19. The Hall–Kier alpha value is 0.110. The number of nitrogens with two attached hydrogens (primary N) is 1. The van der Waals surface area contributed by atoms with Crippen molar-refractivity contribution in [2.45, 2.75) is 0 Å². The molecule has 0 aliphatic heterocycles. The lowest BCUT2D eigenvalue weighted by Crippen LogP contribution is -2.13. The van der Waals surface area contributed by atoms with Crippen LogP contribution in [0.4, 0.5) is 0 Å². The Balaban J connectivity index is 2.82. The van der Waals surface area contributed by atoms with E-state index in [-0.39, 0.29) is 5.91 Å². The van der Waals surface area contributed by atoms with Gasteiger partial charge in [0.05, 0.1) is 5.75 Å². The monoisotopic (exact) mass is 153 g/mol. The zero-order valence-corrected chi connectivity index (χ0v) is 5.97. The predicted molar refractivity (Wildman–Crippen MR) is 37.2 cm³/mol. The highest BCUT2D eigenvalue weighted by molar-refractivity contribution is 8.00. The van der Waals surface area contributed by atoms with E-state index in [2.05, 4.69) is 0 Å². The number of carbonyl (C=O) groups is 1. The Bertz CT molecular complexity index is 78.4. The predicted octanol–water partition coefficient (Wildman–Crippen LogP) is 0.444. The van der Waals surface area contributed by atoms with E-state index in [0.717, 1.165) is 5.75 Å². The van der Waals surface area contributed by atoms with Gasteiger partial charge in [-0.2, -0.15) is 11.8 Å². The Labute approximate surface area is 57.8 Å². The number of rotatable bonds is 4. The van der Waals surface area contributed by atoms with Crippen LogP contribution < -0.4 is 5.73 Å². The van der Waals surface area contributed by atoms with E-state index in [0.29, 0.717) is 11.6 Å². The van der Waals surface area contributed by atoms with Gasteiger partial charge in [0.25, 0.3) is 0 Å². The maximum atomic E-state index is 10.0. The molecule has 0 radical (unpaired) electrons. The van der Waals surface area contributed by atoms with Crippen LogP contribution >= 0.6 is 23.4 Å². The van der Waals surface area contributed by atoms with Crippen LogP contribution in [0, 0.1) is 0 Å². The van der Waals surface area contributed by atoms with Gasteiger partial charge in [0.1, 0.15) is 0 Å². The van der Waals surface area contributed by atoms with Gasteiger partial charge < -0.3 is 5.73 Å². The standard InChI is InChI=1S/C4H8ClNOS/c5-1-2-8-3-4(6)7/h1-3H2,(H2,6,7). The number of amides is 1. The van der Waals surface area contributed by atoms with Crippen LogP contribution in [-0.4, -0.2) is 23.3 Å². The maximum Gasteiger partial charge on any atom is 0.227 e. The first-order chi connectivity index (χ1) is 3.77. The largest absolute Gasteiger partial charge is 0.369 e. The lowest BCUT2D eigenvalue weighted by atomic mass is 10.8. The van der Waals surface area contributed by atoms with Crippen LogP contribution in [0.3, 0.4) is 0 Å². The molecule has 48 valence electrons. The maximum absolute atomic E-state index is 10.0. The van der Waals surface area contributed by atoms with E-state index < -0.39 is 0 Å². The molecule has 0 atom stereocenters. The molecule has 0 aromatic rings. The molecule has 2 nitrogen and oxygen atoms in total. The van der Waals surface area contributed by atoms with Gasteiger partial charge in [0, 0.05) is 11.6 Å². The van der Waals surface area contributed by atoms with Crippen LogP contribution in [0.1, 0.15) is 0 Å². The summed E-state index contributed by atoms with van der Waals surface area (Å²) in [7, 11) is 0. The van der Waals surface area contributed by atoms with Gasteiger partial charge in [-0.1, -0.05) is 0 Å². The summed E-state index contributed by atoms with van der Waals surface area (Å²) in [6.45, 7) is 0. The second-order valence-electron chi connectivity index (χ2n) is 1.21. The van der Waals surface area contributed by atoms with E-state index in [1.54, 1.807) is 0 Å². The molecular formula is C4H8ClNOS. The normalized spacial score (nSPS) is 9.12. The molecule has 0 heterocycles. The van der Waals surface area contributed by atoms with Gasteiger partial charge in [0.2, 0.25) is 5.91 Å². The summed E-state index contributed by atoms with van der Waals surface area (Å²) >= 11 is 6.77. The zero-order chi connectivity index (χ0) is 6.41. The van der Waals surface area contributed by atoms with E-state index in [4.69, 9.17) is 17.3 Å². The number of primary amides is 1. The second kappa shape index (κ2) is 5.25. The summed E-state index contributed by atoms with van der Waals surface area (Å²) in [6.07, 6.45) is 0. The van der Waals surface area contributed by atoms with Crippen LogP contribution in [0.25, 0.3) is 0 Å². The number of hydrogen-bond acceptors (Lipinski definition) is 2. The van der Waals surface area contributed by atoms with Crippen molar-refractivity contribution in [3.05, 3.63) is 0 Å². The third kappa shape index (κ3) is 6.11.